The first-order chi connectivity index (χ1) is 8.63. The Labute approximate surface area is 109 Å². The van der Waals surface area contributed by atoms with Crippen molar-refractivity contribution in [2.45, 2.75) is 33.6 Å². The Hall–Kier alpha value is -1.58. The summed E-state index contributed by atoms with van der Waals surface area (Å²) in [5.41, 5.74) is 1.51. The van der Waals surface area contributed by atoms with Crippen LogP contribution in [-0.2, 0) is 0 Å². The van der Waals surface area contributed by atoms with E-state index in [1.807, 2.05) is 13.0 Å². The van der Waals surface area contributed by atoms with Gasteiger partial charge in [-0.05, 0) is 24.8 Å². The van der Waals surface area contributed by atoms with Crippen LogP contribution in [0.5, 0.6) is 0 Å². The van der Waals surface area contributed by atoms with Gasteiger partial charge in [-0.25, -0.2) is 0 Å². The molecule has 1 amide bonds. The lowest BCUT2D eigenvalue weighted by molar-refractivity contribution is 0.0953. The summed E-state index contributed by atoms with van der Waals surface area (Å²) in [6.07, 6.45) is 5.38. The van der Waals surface area contributed by atoms with E-state index < -0.39 is 0 Å². The number of carbonyl (C=O) groups is 1. The molecular weight excluding hydrogens is 226 g/mol. The van der Waals surface area contributed by atoms with E-state index in [4.69, 9.17) is 0 Å². The monoisotopic (exact) mass is 249 g/mol. The molecule has 1 aromatic heterocycles. The fraction of sp³-hybridized carbons (Fsp3) is 0.571. The average Bonchev–Trinajstić information content (AvgIpc) is 2.36. The summed E-state index contributed by atoms with van der Waals surface area (Å²) in [6, 6.07) is 1.85. The van der Waals surface area contributed by atoms with Crippen molar-refractivity contribution < 1.29 is 4.79 Å². The standard InChI is InChI=1S/C14H23N3O/c1-4-6-17-14(18)12-8-13(10-15-9-12)16-7-5-11(2)3/h8-11,16H,4-7H2,1-3H3,(H,17,18). The molecule has 18 heavy (non-hydrogen) atoms. The Kier molecular flexibility index (Phi) is 6.19. The van der Waals surface area contributed by atoms with Crippen molar-refractivity contribution in [2.75, 3.05) is 18.4 Å². The Morgan fingerprint density at radius 2 is 2.11 bits per heavy atom. The maximum atomic E-state index is 11.8. The number of aromatic nitrogens is 1. The highest BCUT2D eigenvalue weighted by Crippen LogP contribution is 2.09. The van der Waals surface area contributed by atoms with E-state index in [-0.39, 0.29) is 5.91 Å². The van der Waals surface area contributed by atoms with Crippen molar-refractivity contribution in [3.63, 3.8) is 0 Å². The number of anilines is 1. The molecule has 2 N–H and O–H groups in total. The van der Waals surface area contributed by atoms with Gasteiger partial charge in [-0.1, -0.05) is 20.8 Å². The molecule has 1 aromatic rings. The quantitative estimate of drug-likeness (QED) is 0.781. The number of amides is 1. The minimum absolute atomic E-state index is 0.0585. The third-order valence-corrected chi connectivity index (χ3v) is 2.59. The van der Waals surface area contributed by atoms with E-state index >= 15 is 0 Å². The van der Waals surface area contributed by atoms with Gasteiger partial charge in [0.1, 0.15) is 0 Å². The van der Waals surface area contributed by atoms with Crippen molar-refractivity contribution in [2.24, 2.45) is 5.92 Å². The zero-order valence-corrected chi connectivity index (χ0v) is 11.5. The van der Waals surface area contributed by atoms with Gasteiger partial charge in [0.25, 0.3) is 5.91 Å². The molecular formula is C14H23N3O. The minimum Gasteiger partial charge on any atom is -0.384 e. The molecule has 0 atom stereocenters. The summed E-state index contributed by atoms with van der Waals surface area (Å²) in [7, 11) is 0. The molecule has 0 aliphatic rings. The van der Waals surface area contributed by atoms with Gasteiger partial charge in [0, 0.05) is 25.5 Å². The first-order valence-electron chi connectivity index (χ1n) is 6.60. The largest absolute Gasteiger partial charge is 0.384 e. The van der Waals surface area contributed by atoms with Gasteiger partial charge in [-0.2, -0.15) is 0 Å². The highest BCUT2D eigenvalue weighted by atomic mass is 16.1. The number of carbonyl (C=O) groups excluding carboxylic acids is 1. The molecule has 0 spiro atoms. The first-order valence-corrected chi connectivity index (χ1v) is 6.60. The van der Waals surface area contributed by atoms with Crippen LogP contribution in [-0.4, -0.2) is 24.0 Å². The number of nitrogens with zero attached hydrogens (tertiary/aromatic N) is 1. The lowest BCUT2D eigenvalue weighted by Crippen LogP contribution is -2.24. The third kappa shape index (κ3) is 5.17. The predicted octanol–water partition coefficient (Wildman–Crippen LogP) is 2.68. The Balaban J connectivity index is 2.53. The molecule has 1 rings (SSSR count). The zero-order valence-electron chi connectivity index (χ0n) is 11.5. The van der Waals surface area contributed by atoms with E-state index in [0.29, 0.717) is 18.0 Å². The summed E-state index contributed by atoms with van der Waals surface area (Å²) >= 11 is 0. The van der Waals surface area contributed by atoms with Gasteiger partial charge in [0.2, 0.25) is 0 Å². The number of pyridine rings is 1. The van der Waals surface area contributed by atoms with E-state index in [0.717, 1.165) is 25.1 Å². The maximum Gasteiger partial charge on any atom is 0.252 e. The molecule has 0 bridgehead atoms. The Morgan fingerprint density at radius 1 is 1.33 bits per heavy atom. The maximum absolute atomic E-state index is 11.8. The topological polar surface area (TPSA) is 54.0 Å². The molecule has 0 fully saturated rings. The summed E-state index contributed by atoms with van der Waals surface area (Å²) in [5.74, 6) is 0.610. The van der Waals surface area contributed by atoms with E-state index in [9.17, 15) is 4.79 Å². The summed E-state index contributed by atoms with van der Waals surface area (Å²) in [5, 5.41) is 6.13. The predicted molar refractivity (Wildman–Crippen MR) is 74.8 cm³/mol. The zero-order chi connectivity index (χ0) is 13.4. The molecule has 0 aliphatic carbocycles. The van der Waals surface area contributed by atoms with Crippen LogP contribution in [0.1, 0.15) is 44.0 Å². The van der Waals surface area contributed by atoms with E-state index in [1.165, 1.54) is 0 Å². The summed E-state index contributed by atoms with van der Waals surface area (Å²) in [4.78, 5) is 15.8. The highest BCUT2D eigenvalue weighted by Gasteiger charge is 2.05. The van der Waals surface area contributed by atoms with Crippen LogP contribution in [0, 0.1) is 5.92 Å². The van der Waals surface area contributed by atoms with Crippen LogP contribution >= 0.6 is 0 Å². The van der Waals surface area contributed by atoms with Gasteiger partial charge in [-0.15, -0.1) is 0 Å². The summed E-state index contributed by atoms with van der Waals surface area (Å²) < 4.78 is 0. The molecule has 0 aromatic carbocycles. The van der Waals surface area contributed by atoms with Crippen molar-refractivity contribution in [1.82, 2.24) is 10.3 Å². The normalized spacial score (nSPS) is 10.4. The highest BCUT2D eigenvalue weighted by molar-refractivity contribution is 5.94. The molecule has 100 valence electrons. The summed E-state index contributed by atoms with van der Waals surface area (Å²) in [6.45, 7) is 8.01. The van der Waals surface area contributed by atoms with Crippen molar-refractivity contribution in [1.29, 1.82) is 0 Å². The first kappa shape index (κ1) is 14.5. The molecule has 0 unspecified atom stereocenters. The number of rotatable bonds is 7. The third-order valence-electron chi connectivity index (χ3n) is 2.59. The fourth-order valence-electron chi connectivity index (χ4n) is 1.51. The second kappa shape index (κ2) is 7.69. The van der Waals surface area contributed by atoms with Crippen LogP contribution in [0.3, 0.4) is 0 Å². The van der Waals surface area contributed by atoms with Crippen molar-refractivity contribution in [3.05, 3.63) is 24.0 Å². The minimum atomic E-state index is -0.0585. The van der Waals surface area contributed by atoms with Gasteiger partial charge in [0.15, 0.2) is 0 Å². The number of hydrogen-bond acceptors (Lipinski definition) is 3. The lowest BCUT2D eigenvalue weighted by Gasteiger charge is -2.09. The smallest absolute Gasteiger partial charge is 0.252 e. The molecule has 0 saturated heterocycles. The fourth-order valence-corrected chi connectivity index (χ4v) is 1.51. The van der Waals surface area contributed by atoms with E-state index in [2.05, 4.69) is 29.5 Å². The van der Waals surface area contributed by atoms with Crippen LogP contribution in [0.25, 0.3) is 0 Å². The Bertz CT molecular complexity index is 377. The van der Waals surface area contributed by atoms with Crippen LogP contribution in [0.2, 0.25) is 0 Å². The molecule has 0 radical (unpaired) electrons. The second-order valence-corrected chi connectivity index (χ2v) is 4.83. The molecule has 4 heteroatoms. The SMILES string of the molecule is CCCNC(=O)c1cncc(NCCC(C)C)c1. The van der Waals surface area contributed by atoms with Crippen LogP contribution < -0.4 is 10.6 Å². The average molecular weight is 249 g/mol. The van der Waals surface area contributed by atoms with Crippen molar-refractivity contribution in [3.8, 4) is 0 Å². The van der Waals surface area contributed by atoms with Gasteiger partial charge < -0.3 is 10.6 Å². The van der Waals surface area contributed by atoms with Crippen LogP contribution in [0.15, 0.2) is 18.5 Å². The molecule has 4 nitrogen and oxygen atoms in total. The number of hydrogen-bond donors (Lipinski definition) is 2. The van der Waals surface area contributed by atoms with Gasteiger partial charge in [-0.3, -0.25) is 9.78 Å². The van der Waals surface area contributed by atoms with Crippen LogP contribution in [0.4, 0.5) is 5.69 Å². The number of nitrogens with one attached hydrogen (secondary N) is 2. The molecule has 0 aliphatic heterocycles. The van der Waals surface area contributed by atoms with Gasteiger partial charge in [0.05, 0.1) is 11.3 Å². The van der Waals surface area contributed by atoms with E-state index in [1.54, 1.807) is 12.4 Å². The lowest BCUT2D eigenvalue weighted by atomic mass is 10.1. The Morgan fingerprint density at radius 3 is 2.78 bits per heavy atom. The second-order valence-electron chi connectivity index (χ2n) is 4.83. The molecule has 1 heterocycles. The van der Waals surface area contributed by atoms with Crippen molar-refractivity contribution >= 4 is 11.6 Å². The van der Waals surface area contributed by atoms with Gasteiger partial charge >= 0.3 is 0 Å². The molecule has 0 saturated carbocycles.